The minimum absolute atomic E-state index is 0.981. The maximum Gasteiger partial charge on any atom is -0.0414 e. The Labute approximate surface area is 191 Å². The van der Waals surface area contributed by atoms with Gasteiger partial charge in [0.2, 0.25) is 0 Å². The van der Waals surface area contributed by atoms with Crippen molar-refractivity contribution in [3.05, 3.63) is 0 Å². The van der Waals surface area contributed by atoms with Crippen molar-refractivity contribution in [1.82, 2.24) is 0 Å². The van der Waals surface area contributed by atoms with Crippen LogP contribution in [0.15, 0.2) is 0 Å². The molecule has 0 aromatic rings. The van der Waals surface area contributed by atoms with Crippen LogP contribution in [0, 0.1) is 17.8 Å². The first-order valence-electron chi connectivity index (χ1n) is 14.8. The summed E-state index contributed by atoms with van der Waals surface area (Å²) in [5, 5.41) is 0. The molecule has 0 heteroatoms. The Hall–Kier alpha value is 0. The fourth-order valence-corrected chi connectivity index (χ4v) is 6.37. The first-order chi connectivity index (χ1) is 14.8. The standard InChI is InChI=1S/C30H58/c1-28-20-13-9-8-12-16-24-30(25-18-17-21-28)27-19-26-29-22-14-10-6-4-2-3-5-7-11-15-23-29/h28-30H,2-27H2,1H3. The molecule has 0 aromatic carbocycles. The van der Waals surface area contributed by atoms with Crippen LogP contribution in [0.3, 0.4) is 0 Å². The van der Waals surface area contributed by atoms with Gasteiger partial charge in [0.15, 0.2) is 0 Å². The van der Waals surface area contributed by atoms with Crippen molar-refractivity contribution in [1.29, 1.82) is 0 Å². The highest BCUT2D eigenvalue weighted by Crippen LogP contribution is 2.29. The van der Waals surface area contributed by atoms with E-state index in [1.165, 1.54) is 135 Å². The summed E-state index contributed by atoms with van der Waals surface area (Å²) >= 11 is 0. The van der Waals surface area contributed by atoms with Crippen molar-refractivity contribution in [3.63, 3.8) is 0 Å². The molecular formula is C30H58. The van der Waals surface area contributed by atoms with E-state index in [0.29, 0.717) is 0 Å². The molecule has 0 amide bonds. The molecule has 0 heterocycles. The molecule has 0 N–H and O–H groups in total. The van der Waals surface area contributed by atoms with E-state index in [-0.39, 0.29) is 0 Å². The highest BCUT2D eigenvalue weighted by atomic mass is 14.2. The second-order valence-corrected chi connectivity index (χ2v) is 11.5. The van der Waals surface area contributed by atoms with Crippen LogP contribution in [-0.4, -0.2) is 0 Å². The van der Waals surface area contributed by atoms with E-state index in [2.05, 4.69) is 6.92 Å². The van der Waals surface area contributed by atoms with Crippen molar-refractivity contribution in [2.45, 2.75) is 174 Å². The predicted octanol–water partition coefficient (Wildman–Crippen LogP) is 11.0. The van der Waals surface area contributed by atoms with Gasteiger partial charge in [-0.15, -0.1) is 0 Å². The lowest BCUT2D eigenvalue weighted by atomic mass is 9.86. The molecule has 0 radical (unpaired) electrons. The van der Waals surface area contributed by atoms with E-state index >= 15 is 0 Å². The Morgan fingerprint density at radius 2 is 0.633 bits per heavy atom. The van der Waals surface area contributed by atoms with Crippen LogP contribution >= 0.6 is 0 Å². The van der Waals surface area contributed by atoms with Gasteiger partial charge in [-0.1, -0.05) is 174 Å². The summed E-state index contributed by atoms with van der Waals surface area (Å²) in [4.78, 5) is 0. The average molecular weight is 419 g/mol. The molecular weight excluding hydrogens is 360 g/mol. The molecule has 0 aromatic heterocycles. The van der Waals surface area contributed by atoms with Gasteiger partial charge in [-0.25, -0.2) is 0 Å². The van der Waals surface area contributed by atoms with E-state index in [0.717, 1.165) is 17.8 Å². The van der Waals surface area contributed by atoms with Crippen molar-refractivity contribution in [2.75, 3.05) is 0 Å². The Morgan fingerprint density at radius 1 is 0.367 bits per heavy atom. The molecule has 2 rings (SSSR count). The third kappa shape index (κ3) is 14.1. The van der Waals surface area contributed by atoms with Gasteiger partial charge >= 0.3 is 0 Å². The van der Waals surface area contributed by atoms with Crippen molar-refractivity contribution < 1.29 is 0 Å². The van der Waals surface area contributed by atoms with Crippen LogP contribution < -0.4 is 0 Å². The van der Waals surface area contributed by atoms with Crippen molar-refractivity contribution in [3.8, 4) is 0 Å². The predicted molar refractivity (Wildman–Crippen MR) is 136 cm³/mol. The highest BCUT2D eigenvalue weighted by molar-refractivity contribution is 4.67. The summed E-state index contributed by atoms with van der Waals surface area (Å²) in [5.41, 5.74) is 0. The first kappa shape index (κ1) is 26.3. The zero-order chi connectivity index (χ0) is 21.1. The minimum Gasteiger partial charge on any atom is -0.0625 e. The monoisotopic (exact) mass is 418 g/mol. The van der Waals surface area contributed by atoms with Gasteiger partial charge < -0.3 is 0 Å². The fourth-order valence-electron chi connectivity index (χ4n) is 6.37. The lowest BCUT2D eigenvalue weighted by Gasteiger charge is -2.20. The number of hydrogen-bond acceptors (Lipinski definition) is 0. The number of hydrogen-bond donors (Lipinski definition) is 0. The Balaban J connectivity index is 1.68. The number of rotatable bonds is 4. The smallest absolute Gasteiger partial charge is 0.0414 e. The van der Waals surface area contributed by atoms with Gasteiger partial charge in [0.05, 0.1) is 0 Å². The minimum atomic E-state index is 0.981. The Kier molecular flexibility index (Phi) is 16.2. The summed E-state index contributed by atoms with van der Waals surface area (Å²) in [5.74, 6) is 3.09. The average Bonchev–Trinajstić information content (AvgIpc) is 2.78. The van der Waals surface area contributed by atoms with Gasteiger partial charge in [-0.05, 0) is 17.8 Å². The second-order valence-electron chi connectivity index (χ2n) is 11.5. The molecule has 30 heavy (non-hydrogen) atoms. The van der Waals surface area contributed by atoms with Crippen molar-refractivity contribution >= 4 is 0 Å². The van der Waals surface area contributed by atoms with Crippen molar-refractivity contribution in [2.24, 2.45) is 17.8 Å². The second kappa shape index (κ2) is 18.6. The highest BCUT2D eigenvalue weighted by Gasteiger charge is 2.14. The zero-order valence-corrected chi connectivity index (χ0v) is 21.1. The van der Waals surface area contributed by atoms with Crippen LogP contribution in [0.4, 0.5) is 0 Å². The first-order valence-corrected chi connectivity index (χ1v) is 14.8. The summed E-state index contributed by atoms with van der Waals surface area (Å²) in [6, 6.07) is 0. The molecule has 2 saturated carbocycles. The molecule has 2 unspecified atom stereocenters. The van der Waals surface area contributed by atoms with Crippen LogP contribution in [0.2, 0.25) is 0 Å². The van der Waals surface area contributed by atoms with Crippen LogP contribution in [-0.2, 0) is 0 Å². The molecule has 178 valence electrons. The van der Waals surface area contributed by atoms with Crippen LogP contribution in [0.1, 0.15) is 174 Å². The quantitative estimate of drug-likeness (QED) is 0.425. The maximum atomic E-state index is 2.50. The SMILES string of the molecule is CC1CCCCCCCC(CCCC2CCCCCCCCCCCC2)CCCC1. The van der Waals surface area contributed by atoms with E-state index < -0.39 is 0 Å². The molecule has 2 fully saturated rings. The molecule has 2 atom stereocenters. The van der Waals surface area contributed by atoms with E-state index in [1.807, 2.05) is 0 Å². The molecule has 0 nitrogen and oxygen atoms in total. The van der Waals surface area contributed by atoms with Gasteiger partial charge in [-0.2, -0.15) is 0 Å². The van der Waals surface area contributed by atoms with Gasteiger partial charge in [0.25, 0.3) is 0 Å². The van der Waals surface area contributed by atoms with Gasteiger partial charge in [0.1, 0.15) is 0 Å². The third-order valence-corrected chi connectivity index (χ3v) is 8.57. The molecule has 2 aliphatic rings. The summed E-state index contributed by atoms with van der Waals surface area (Å²) < 4.78 is 0. The van der Waals surface area contributed by atoms with Crippen LogP contribution in [0.5, 0.6) is 0 Å². The van der Waals surface area contributed by atoms with Gasteiger partial charge in [-0.3, -0.25) is 0 Å². The van der Waals surface area contributed by atoms with Crippen LogP contribution in [0.25, 0.3) is 0 Å². The summed E-state index contributed by atoms with van der Waals surface area (Å²) in [6.07, 6.45) is 39.4. The third-order valence-electron chi connectivity index (χ3n) is 8.57. The van der Waals surface area contributed by atoms with E-state index in [4.69, 9.17) is 0 Å². The van der Waals surface area contributed by atoms with E-state index in [1.54, 1.807) is 32.1 Å². The van der Waals surface area contributed by atoms with Gasteiger partial charge in [0, 0.05) is 0 Å². The largest absolute Gasteiger partial charge is 0.0625 e. The molecule has 0 bridgehead atoms. The normalized spacial score (nSPS) is 28.7. The topological polar surface area (TPSA) is 0 Å². The lowest BCUT2D eigenvalue weighted by molar-refractivity contribution is 0.326. The molecule has 0 saturated heterocycles. The Bertz CT molecular complexity index is 345. The zero-order valence-electron chi connectivity index (χ0n) is 21.1. The Morgan fingerprint density at radius 3 is 1.03 bits per heavy atom. The maximum absolute atomic E-state index is 2.50. The van der Waals surface area contributed by atoms with E-state index in [9.17, 15) is 0 Å². The summed E-state index contributed by atoms with van der Waals surface area (Å²) in [7, 11) is 0. The fraction of sp³-hybridized carbons (Fsp3) is 1.00. The summed E-state index contributed by atoms with van der Waals surface area (Å²) in [6.45, 7) is 2.50. The lowest BCUT2D eigenvalue weighted by Crippen LogP contribution is -2.06. The molecule has 0 spiro atoms. The molecule has 2 aliphatic carbocycles. The molecule has 0 aliphatic heterocycles.